The van der Waals surface area contributed by atoms with E-state index in [-0.39, 0.29) is 0 Å². The highest BCUT2D eigenvalue weighted by molar-refractivity contribution is 7.88. The molecule has 0 atom stereocenters. The molecule has 0 aliphatic rings. The predicted molar refractivity (Wildman–Crippen MR) is 52.0 cm³/mol. The van der Waals surface area contributed by atoms with Crippen molar-refractivity contribution >= 4 is 27.8 Å². The molecule has 0 heterocycles. The van der Waals surface area contributed by atoms with E-state index in [1.54, 1.807) is 24.3 Å². The van der Waals surface area contributed by atoms with Gasteiger partial charge in [0.05, 0.1) is 5.41 Å². The highest BCUT2D eigenvalue weighted by Crippen LogP contribution is 2.16. The number of benzene rings is 1. The first-order valence-corrected chi connectivity index (χ1v) is 5.27. The third-order valence-corrected chi connectivity index (χ3v) is 2.15. The van der Waals surface area contributed by atoms with Crippen molar-refractivity contribution in [3.05, 3.63) is 40.3 Å². The zero-order valence-corrected chi connectivity index (χ0v) is 8.09. The van der Waals surface area contributed by atoms with Gasteiger partial charge < -0.3 is 0 Å². The van der Waals surface area contributed by atoms with Gasteiger partial charge in [-0.15, -0.1) is 0 Å². The summed E-state index contributed by atoms with van der Waals surface area (Å²) in [5.74, 6) is 0. The van der Waals surface area contributed by atoms with Crippen molar-refractivity contribution in [2.45, 2.75) is 0 Å². The summed E-state index contributed by atoms with van der Waals surface area (Å²) in [4.78, 5) is 0. The van der Waals surface area contributed by atoms with Gasteiger partial charge in [-0.2, -0.15) is 8.42 Å². The van der Waals surface area contributed by atoms with E-state index in [4.69, 9.17) is 16.2 Å². The van der Waals surface area contributed by atoms with Crippen molar-refractivity contribution in [2.75, 3.05) is 0 Å². The Bertz CT molecular complexity index is 423. The normalized spacial score (nSPS) is 12.2. The molecule has 0 bridgehead atoms. The van der Waals surface area contributed by atoms with Gasteiger partial charge in [-0.25, -0.2) is 0 Å². The highest BCUT2D eigenvalue weighted by atomic mass is 35.5. The number of halogens is 1. The van der Waals surface area contributed by atoms with E-state index in [0.717, 1.165) is 0 Å². The first-order valence-electron chi connectivity index (χ1n) is 3.39. The van der Waals surface area contributed by atoms with E-state index in [0.29, 0.717) is 16.0 Å². The van der Waals surface area contributed by atoms with Crippen LogP contribution in [0.1, 0.15) is 5.56 Å². The molecule has 5 heteroatoms. The second-order valence-corrected chi connectivity index (χ2v) is 4.05. The van der Waals surface area contributed by atoms with Crippen LogP contribution in [0.3, 0.4) is 0 Å². The Kier molecular flexibility index (Phi) is 3.08. The topological polar surface area (TPSA) is 54.4 Å². The van der Waals surface area contributed by atoms with Crippen molar-refractivity contribution in [1.82, 2.24) is 0 Å². The van der Waals surface area contributed by atoms with Crippen LogP contribution in [0.5, 0.6) is 0 Å². The monoisotopic (exact) mass is 218 g/mol. The molecule has 0 fully saturated rings. The van der Waals surface area contributed by atoms with Gasteiger partial charge in [0.1, 0.15) is 0 Å². The van der Waals surface area contributed by atoms with E-state index in [9.17, 15) is 8.42 Å². The molecule has 1 aromatic carbocycles. The van der Waals surface area contributed by atoms with Crippen molar-refractivity contribution < 1.29 is 13.0 Å². The number of hydrogen-bond acceptors (Lipinski definition) is 2. The molecule has 0 aromatic heterocycles. The van der Waals surface area contributed by atoms with Gasteiger partial charge in [0.2, 0.25) is 0 Å². The van der Waals surface area contributed by atoms with Crippen LogP contribution in [-0.4, -0.2) is 13.0 Å². The maximum atomic E-state index is 10.3. The first-order chi connectivity index (χ1) is 5.99. The molecular formula is C8H7ClO3S. The third kappa shape index (κ3) is 3.59. The molecule has 13 heavy (non-hydrogen) atoms. The van der Waals surface area contributed by atoms with Crippen LogP contribution in [0, 0.1) is 0 Å². The van der Waals surface area contributed by atoms with E-state index in [1.807, 2.05) is 0 Å². The van der Waals surface area contributed by atoms with Gasteiger partial charge in [-0.05, 0) is 17.7 Å². The van der Waals surface area contributed by atoms with Crippen LogP contribution in [0.25, 0.3) is 6.08 Å². The molecule has 0 radical (unpaired) electrons. The van der Waals surface area contributed by atoms with Crippen LogP contribution in [0.15, 0.2) is 29.7 Å². The Morgan fingerprint density at radius 1 is 1.31 bits per heavy atom. The van der Waals surface area contributed by atoms with Gasteiger partial charge in [-0.3, -0.25) is 4.55 Å². The lowest BCUT2D eigenvalue weighted by Gasteiger charge is -1.94. The average molecular weight is 219 g/mol. The molecule has 70 valence electrons. The molecule has 0 saturated heterocycles. The van der Waals surface area contributed by atoms with Crippen molar-refractivity contribution in [3.63, 3.8) is 0 Å². The molecule has 3 nitrogen and oxygen atoms in total. The maximum absolute atomic E-state index is 10.3. The van der Waals surface area contributed by atoms with Crippen LogP contribution < -0.4 is 0 Å². The Morgan fingerprint density at radius 3 is 2.46 bits per heavy atom. The van der Waals surface area contributed by atoms with Gasteiger partial charge in [0.25, 0.3) is 10.1 Å². The summed E-state index contributed by atoms with van der Waals surface area (Å²) in [7, 11) is -4.08. The zero-order chi connectivity index (χ0) is 9.90. The average Bonchev–Trinajstić information content (AvgIpc) is 2.01. The van der Waals surface area contributed by atoms with Gasteiger partial charge in [0, 0.05) is 5.02 Å². The van der Waals surface area contributed by atoms with Gasteiger partial charge >= 0.3 is 0 Å². The zero-order valence-electron chi connectivity index (χ0n) is 6.51. The Labute approximate surface area is 81.4 Å². The van der Waals surface area contributed by atoms with Crippen LogP contribution in [-0.2, 0) is 10.1 Å². The molecule has 0 amide bonds. The van der Waals surface area contributed by atoms with E-state index >= 15 is 0 Å². The van der Waals surface area contributed by atoms with Crippen molar-refractivity contribution in [3.8, 4) is 0 Å². The summed E-state index contributed by atoms with van der Waals surface area (Å²) < 4.78 is 29.1. The van der Waals surface area contributed by atoms with E-state index in [1.165, 1.54) is 6.08 Å². The van der Waals surface area contributed by atoms with Crippen molar-refractivity contribution in [1.29, 1.82) is 0 Å². The summed E-state index contributed by atoms with van der Waals surface area (Å²) in [5, 5.41) is 1.12. The van der Waals surface area contributed by atoms with Crippen LogP contribution in [0.2, 0.25) is 5.02 Å². The summed E-state index contributed by atoms with van der Waals surface area (Å²) in [6, 6.07) is 6.72. The highest BCUT2D eigenvalue weighted by Gasteiger charge is 1.97. The Hall–Kier alpha value is -0.840. The summed E-state index contributed by atoms with van der Waals surface area (Å²) in [6.07, 6.45) is 1.23. The predicted octanol–water partition coefficient (Wildman–Crippen LogP) is 2.20. The maximum Gasteiger partial charge on any atom is 0.287 e. The van der Waals surface area contributed by atoms with Gasteiger partial charge in [-0.1, -0.05) is 29.8 Å². The second-order valence-electron chi connectivity index (χ2n) is 2.34. The molecule has 0 unspecified atom stereocenters. The fourth-order valence-electron chi connectivity index (χ4n) is 0.770. The third-order valence-electron chi connectivity index (χ3n) is 1.32. The fraction of sp³-hybridized carbons (Fsp3) is 0. The quantitative estimate of drug-likeness (QED) is 0.775. The number of hydrogen-bond donors (Lipinski definition) is 1. The fourth-order valence-corrected chi connectivity index (χ4v) is 1.29. The lowest BCUT2D eigenvalue weighted by Crippen LogP contribution is -1.88. The molecular weight excluding hydrogens is 212 g/mol. The minimum Gasteiger partial charge on any atom is -0.282 e. The molecule has 1 N–H and O–H groups in total. The number of rotatable bonds is 2. The van der Waals surface area contributed by atoms with Crippen LogP contribution in [0.4, 0.5) is 0 Å². The molecule has 1 rings (SSSR count). The lowest BCUT2D eigenvalue weighted by atomic mass is 10.2. The minimum absolute atomic E-state index is 0.433. The Morgan fingerprint density at radius 2 is 1.92 bits per heavy atom. The molecule has 0 saturated carbocycles. The molecule has 0 aliphatic carbocycles. The molecule has 0 spiro atoms. The summed E-state index contributed by atoms with van der Waals surface area (Å²) >= 11 is 5.73. The smallest absolute Gasteiger partial charge is 0.282 e. The lowest BCUT2D eigenvalue weighted by molar-refractivity contribution is 0.494. The second kappa shape index (κ2) is 3.91. The molecule has 0 aliphatic heterocycles. The minimum atomic E-state index is -4.08. The largest absolute Gasteiger partial charge is 0.287 e. The standard InChI is InChI=1S/C8H7ClO3S/c9-8-4-2-1-3-7(8)5-6-13(10,11)12/h1-6H,(H,10,11,12)/b6-5+. The summed E-state index contributed by atoms with van der Waals surface area (Å²) in [6.45, 7) is 0. The van der Waals surface area contributed by atoms with Crippen LogP contribution >= 0.6 is 11.6 Å². The molecule has 1 aromatic rings. The van der Waals surface area contributed by atoms with E-state index < -0.39 is 10.1 Å². The SMILES string of the molecule is O=S(=O)(O)/C=C/c1ccccc1Cl. The summed E-state index contributed by atoms with van der Waals surface area (Å²) in [5.41, 5.74) is 0.543. The van der Waals surface area contributed by atoms with Gasteiger partial charge in [0.15, 0.2) is 0 Å². The Balaban J connectivity index is 3.00. The first kappa shape index (κ1) is 10.2. The van der Waals surface area contributed by atoms with Crippen molar-refractivity contribution in [2.24, 2.45) is 0 Å². The van der Waals surface area contributed by atoms with E-state index in [2.05, 4.69) is 0 Å².